The number of Topliss-reactive ketones (excluding diaryl/α,β-unsaturated/α-hetero) is 1. The molecule has 17 heavy (non-hydrogen) atoms. The van der Waals surface area contributed by atoms with E-state index in [-0.39, 0.29) is 17.9 Å². The molecule has 0 fully saturated rings. The van der Waals surface area contributed by atoms with Gasteiger partial charge in [0.2, 0.25) is 0 Å². The van der Waals surface area contributed by atoms with Crippen molar-refractivity contribution in [1.29, 1.82) is 0 Å². The van der Waals surface area contributed by atoms with Crippen LogP contribution in [0.4, 0.5) is 0 Å². The molecule has 92 valence electrons. The largest absolute Gasteiger partial charge is 0.507 e. The zero-order valence-corrected chi connectivity index (χ0v) is 10.4. The Kier molecular flexibility index (Phi) is 4.52. The summed E-state index contributed by atoms with van der Waals surface area (Å²) in [5.41, 5.74) is 0.700. The summed E-state index contributed by atoms with van der Waals surface area (Å²) in [4.78, 5) is 22.8. The maximum Gasteiger partial charge on any atom is 0.313 e. The third kappa shape index (κ3) is 3.46. The topological polar surface area (TPSA) is 63.6 Å². The fraction of sp³-hybridized carbons (Fsp3) is 0.333. The Morgan fingerprint density at radius 2 is 2.06 bits per heavy atom. The van der Waals surface area contributed by atoms with Crippen molar-refractivity contribution < 1.29 is 19.4 Å². The van der Waals surface area contributed by atoms with Crippen molar-refractivity contribution in [2.24, 2.45) is 0 Å². The van der Waals surface area contributed by atoms with Crippen LogP contribution < -0.4 is 0 Å². The van der Waals surface area contributed by atoms with Crippen LogP contribution >= 0.6 is 11.6 Å². The van der Waals surface area contributed by atoms with E-state index in [4.69, 9.17) is 11.6 Å². The number of rotatable bonds is 4. The summed E-state index contributed by atoms with van der Waals surface area (Å²) in [6.07, 6.45) is -0.402. The van der Waals surface area contributed by atoms with Crippen LogP contribution in [0.1, 0.15) is 29.3 Å². The number of phenols is 1. The van der Waals surface area contributed by atoms with Gasteiger partial charge in [-0.3, -0.25) is 9.59 Å². The van der Waals surface area contributed by atoms with Gasteiger partial charge in [0.05, 0.1) is 12.2 Å². The van der Waals surface area contributed by atoms with Gasteiger partial charge in [0.15, 0.2) is 5.78 Å². The molecular weight excluding hydrogens is 244 g/mol. The Labute approximate surface area is 104 Å². The van der Waals surface area contributed by atoms with Crippen LogP contribution in [0.5, 0.6) is 5.75 Å². The second-order valence-electron chi connectivity index (χ2n) is 3.52. The maximum absolute atomic E-state index is 11.7. The van der Waals surface area contributed by atoms with E-state index in [1.165, 1.54) is 12.1 Å². The van der Waals surface area contributed by atoms with E-state index in [9.17, 15) is 14.7 Å². The molecule has 0 aliphatic carbocycles. The van der Waals surface area contributed by atoms with E-state index in [2.05, 4.69) is 4.74 Å². The molecule has 0 saturated carbocycles. The molecule has 0 saturated heterocycles. The summed E-state index contributed by atoms with van der Waals surface area (Å²) in [6, 6.07) is 2.74. The standard InChI is InChI=1S/C12H13ClO4/c1-3-17-12(16)6-11(15)8-5-9(13)7(2)4-10(8)14/h4-5,14H,3,6H2,1-2H3. The average molecular weight is 257 g/mol. The summed E-state index contributed by atoms with van der Waals surface area (Å²) in [6.45, 7) is 3.58. The van der Waals surface area contributed by atoms with E-state index >= 15 is 0 Å². The van der Waals surface area contributed by atoms with E-state index in [1.807, 2.05) is 0 Å². The monoisotopic (exact) mass is 256 g/mol. The van der Waals surface area contributed by atoms with Gasteiger partial charge in [-0.25, -0.2) is 0 Å². The van der Waals surface area contributed by atoms with Crippen molar-refractivity contribution >= 4 is 23.4 Å². The fourth-order valence-corrected chi connectivity index (χ4v) is 1.49. The quantitative estimate of drug-likeness (QED) is 0.511. The number of phenolic OH excluding ortho intramolecular Hbond substituents is 1. The Morgan fingerprint density at radius 3 is 2.65 bits per heavy atom. The number of ether oxygens (including phenoxy) is 1. The van der Waals surface area contributed by atoms with Crippen LogP contribution in [0.3, 0.4) is 0 Å². The first-order valence-corrected chi connectivity index (χ1v) is 5.51. The fourth-order valence-electron chi connectivity index (χ4n) is 1.33. The number of halogens is 1. The van der Waals surface area contributed by atoms with Gasteiger partial charge in [-0.2, -0.15) is 0 Å². The van der Waals surface area contributed by atoms with E-state index < -0.39 is 18.2 Å². The number of aryl methyl sites for hydroxylation is 1. The minimum absolute atomic E-state index is 0.0358. The van der Waals surface area contributed by atoms with E-state index in [0.717, 1.165) is 0 Å². The van der Waals surface area contributed by atoms with Crippen LogP contribution in [-0.4, -0.2) is 23.5 Å². The summed E-state index contributed by atoms with van der Waals surface area (Å²) < 4.78 is 4.65. The van der Waals surface area contributed by atoms with E-state index in [0.29, 0.717) is 10.6 Å². The minimum atomic E-state index is -0.617. The molecule has 5 heteroatoms. The first kappa shape index (κ1) is 13.5. The predicted molar refractivity (Wildman–Crippen MR) is 63.4 cm³/mol. The van der Waals surface area contributed by atoms with Crippen molar-refractivity contribution in [2.45, 2.75) is 20.3 Å². The Hall–Kier alpha value is -1.55. The van der Waals surface area contributed by atoms with Crippen molar-refractivity contribution in [3.63, 3.8) is 0 Å². The number of carbonyl (C=O) groups is 2. The van der Waals surface area contributed by atoms with Crippen molar-refractivity contribution in [3.05, 3.63) is 28.3 Å². The molecule has 0 radical (unpaired) electrons. The predicted octanol–water partition coefficient (Wildman–Crippen LogP) is 2.49. The first-order valence-electron chi connectivity index (χ1n) is 5.13. The average Bonchev–Trinajstić information content (AvgIpc) is 2.23. The van der Waals surface area contributed by atoms with Crippen molar-refractivity contribution in [1.82, 2.24) is 0 Å². The smallest absolute Gasteiger partial charge is 0.313 e. The first-order chi connectivity index (χ1) is 7.95. The molecule has 0 aromatic heterocycles. The maximum atomic E-state index is 11.7. The van der Waals surface area contributed by atoms with Gasteiger partial charge in [-0.05, 0) is 31.5 Å². The molecule has 0 aliphatic heterocycles. The third-order valence-electron chi connectivity index (χ3n) is 2.19. The normalized spacial score (nSPS) is 10.1. The highest BCUT2D eigenvalue weighted by Gasteiger charge is 2.17. The van der Waals surface area contributed by atoms with Gasteiger partial charge >= 0.3 is 5.97 Å². The number of carbonyl (C=O) groups excluding carboxylic acids is 2. The molecule has 1 aromatic rings. The second-order valence-corrected chi connectivity index (χ2v) is 3.93. The van der Waals surface area contributed by atoms with Gasteiger partial charge in [-0.15, -0.1) is 0 Å². The molecule has 1 rings (SSSR count). The number of aromatic hydroxyl groups is 1. The molecule has 0 spiro atoms. The highest BCUT2D eigenvalue weighted by molar-refractivity contribution is 6.32. The molecule has 1 N–H and O–H groups in total. The number of ketones is 1. The van der Waals surface area contributed by atoms with Crippen LogP contribution in [-0.2, 0) is 9.53 Å². The van der Waals surface area contributed by atoms with Gasteiger partial charge < -0.3 is 9.84 Å². The molecule has 0 unspecified atom stereocenters. The molecule has 1 aromatic carbocycles. The molecular formula is C12H13ClO4. The zero-order valence-electron chi connectivity index (χ0n) is 9.62. The molecule has 0 atom stereocenters. The zero-order chi connectivity index (χ0) is 13.0. The lowest BCUT2D eigenvalue weighted by Crippen LogP contribution is -2.11. The van der Waals surface area contributed by atoms with Gasteiger partial charge in [0.25, 0.3) is 0 Å². The minimum Gasteiger partial charge on any atom is -0.507 e. The number of hydrogen-bond donors (Lipinski definition) is 1. The van der Waals surface area contributed by atoms with Gasteiger partial charge in [0, 0.05) is 5.02 Å². The second kappa shape index (κ2) is 5.68. The van der Waals surface area contributed by atoms with Gasteiger partial charge in [0.1, 0.15) is 12.2 Å². The lowest BCUT2D eigenvalue weighted by atomic mass is 10.1. The molecule has 0 amide bonds. The summed E-state index contributed by atoms with van der Waals surface area (Å²) >= 11 is 5.85. The van der Waals surface area contributed by atoms with E-state index in [1.54, 1.807) is 13.8 Å². The lowest BCUT2D eigenvalue weighted by Gasteiger charge is -2.06. The molecule has 0 heterocycles. The Balaban J connectivity index is 2.89. The number of benzene rings is 1. The van der Waals surface area contributed by atoms with Crippen LogP contribution in [0.25, 0.3) is 0 Å². The molecule has 4 nitrogen and oxygen atoms in total. The van der Waals surface area contributed by atoms with Crippen molar-refractivity contribution in [3.8, 4) is 5.75 Å². The molecule has 0 bridgehead atoms. The SMILES string of the molecule is CCOC(=O)CC(=O)c1cc(Cl)c(C)cc1O. The van der Waals surface area contributed by atoms with Crippen LogP contribution in [0.2, 0.25) is 5.02 Å². The Bertz CT molecular complexity index is 454. The third-order valence-corrected chi connectivity index (χ3v) is 2.59. The van der Waals surface area contributed by atoms with Crippen LogP contribution in [0.15, 0.2) is 12.1 Å². The highest BCUT2D eigenvalue weighted by Crippen LogP contribution is 2.26. The van der Waals surface area contributed by atoms with Crippen molar-refractivity contribution in [2.75, 3.05) is 6.61 Å². The summed E-state index contributed by atoms with van der Waals surface area (Å²) in [5, 5.41) is 9.97. The number of hydrogen-bond acceptors (Lipinski definition) is 4. The summed E-state index contributed by atoms with van der Waals surface area (Å²) in [5.74, 6) is -1.31. The molecule has 0 aliphatic rings. The van der Waals surface area contributed by atoms with Gasteiger partial charge in [-0.1, -0.05) is 11.6 Å². The highest BCUT2D eigenvalue weighted by atomic mass is 35.5. The number of esters is 1. The Morgan fingerprint density at radius 1 is 1.41 bits per heavy atom. The van der Waals surface area contributed by atoms with Crippen LogP contribution in [0, 0.1) is 6.92 Å². The lowest BCUT2D eigenvalue weighted by molar-refractivity contribution is -0.141. The summed E-state index contributed by atoms with van der Waals surface area (Å²) in [7, 11) is 0.